The lowest BCUT2D eigenvalue weighted by Gasteiger charge is -2.35. The Morgan fingerprint density at radius 3 is 2.40 bits per heavy atom. The maximum absolute atomic E-state index is 10.8. The number of pyridine rings is 1. The van der Waals surface area contributed by atoms with Gasteiger partial charge in [0.2, 0.25) is 0 Å². The van der Waals surface area contributed by atoms with Crippen molar-refractivity contribution in [3.05, 3.63) is 48.2 Å². The Balaban J connectivity index is 2.42. The smallest absolute Gasteiger partial charge is 0.145 e. The number of hydrogen-bond donors (Lipinski definition) is 1. The van der Waals surface area contributed by atoms with Gasteiger partial charge in [0, 0.05) is 16.9 Å². The number of phenols is 1. The van der Waals surface area contributed by atoms with Crippen molar-refractivity contribution in [3.8, 4) is 11.8 Å². The fraction of sp³-hybridized carbons (Fsp3) is 0.455. The number of aromatic nitrogens is 1. The molecule has 1 aromatic heterocycles. The number of fused-ring (bicyclic) bond motifs is 1. The predicted molar refractivity (Wildman–Crippen MR) is 104 cm³/mol. The van der Waals surface area contributed by atoms with Crippen LogP contribution >= 0.6 is 0 Å². The molecule has 0 aliphatic carbocycles. The van der Waals surface area contributed by atoms with Crippen LogP contribution in [0.4, 0.5) is 0 Å². The van der Waals surface area contributed by atoms with Crippen molar-refractivity contribution in [2.24, 2.45) is 10.8 Å². The quantitative estimate of drug-likeness (QED) is 0.688. The zero-order valence-electron chi connectivity index (χ0n) is 15.9. The standard InChI is InChI=1S/C22H28N2O/c1-7-15(12-22(5,6)14-21(2,3)4)18-11-9-16-8-10-17(13-23)24-19(16)20(18)25/h7-11,15,25H,1,12,14H2,2-6H3. The van der Waals surface area contributed by atoms with E-state index in [2.05, 4.69) is 46.2 Å². The molecule has 3 heteroatoms. The van der Waals surface area contributed by atoms with E-state index in [1.165, 1.54) is 0 Å². The average Bonchev–Trinajstić information content (AvgIpc) is 2.51. The minimum Gasteiger partial charge on any atom is -0.505 e. The van der Waals surface area contributed by atoms with E-state index in [9.17, 15) is 5.11 Å². The van der Waals surface area contributed by atoms with Gasteiger partial charge in [-0.1, -0.05) is 52.8 Å². The van der Waals surface area contributed by atoms with Crippen LogP contribution in [0.5, 0.6) is 5.75 Å². The Bertz CT molecular complexity index is 822. The van der Waals surface area contributed by atoms with E-state index in [0.717, 1.165) is 23.8 Å². The minimum absolute atomic E-state index is 0.0364. The summed E-state index contributed by atoms with van der Waals surface area (Å²) in [7, 11) is 0. The van der Waals surface area contributed by atoms with Gasteiger partial charge >= 0.3 is 0 Å². The second-order valence-electron chi connectivity index (χ2n) is 8.83. The Morgan fingerprint density at radius 2 is 1.84 bits per heavy atom. The molecule has 0 radical (unpaired) electrons. The molecule has 0 saturated carbocycles. The van der Waals surface area contributed by atoms with Crippen LogP contribution < -0.4 is 0 Å². The highest BCUT2D eigenvalue weighted by Crippen LogP contribution is 2.43. The fourth-order valence-electron chi connectivity index (χ4n) is 3.97. The molecule has 0 amide bonds. The van der Waals surface area contributed by atoms with Gasteiger partial charge in [-0.05, 0) is 35.8 Å². The van der Waals surface area contributed by atoms with Crippen LogP contribution in [0, 0.1) is 22.2 Å². The molecule has 25 heavy (non-hydrogen) atoms. The lowest BCUT2D eigenvalue weighted by atomic mass is 9.70. The molecular formula is C22H28N2O. The van der Waals surface area contributed by atoms with Gasteiger partial charge in [0.15, 0.2) is 0 Å². The summed E-state index contributed by atoms with van der Waals surface area (Å²) in [5.74, 6) is 0.195. The first kappa shape index (κ1) is 19.0. The number of benzene rings is 1. The summed E-state index contributed by atoms with van der Waals surface area (Å²) in [4.78, 5) is 4.28. The van der Waals surface area contributed by atoms with Crippen LogP contribution in [0.3, 0.4) is 0 Å². The van der Waals surface area contributed by atoms with Gasteiger partial charge in [-0.3, -0.25) is 0 Å². The van der Waals surface area contributed by atoms with Crippen LogP contribution in [-0.2, 0) is 0 Å². The molecule has 0 spiro atoms. The highest BCUT2D eigenvalue weighted by Gasteiger charge is 2.29. The normalized spacial score (nSPS) is 13.4. The molecule has 0 aliphatic rings. The lowest BCUT2D eigenvalue weighted by Crippen LogP contribution is -2.22. The highest BCUT2D eigenvalue weighted by molar-refractivity contribution is 5.86. The number of rotatable bonds is 5. The first-order valence-electron chi connectivity index (χ1n) is 8.71. The molecular weight excluding hydrogens is 308 g/mol. The molecule has 2 rings (SSSR count). The van der Waals surface area contributed by atoms with Gasteiger partial charge < -0.3 is 5.11 Å². The van der Waals surface area contributed by atoms with Gasteiger partial charge in [-0.25, -0.2) is 4.98 Å². The Morgan fingerprint density at radius 1 is 1.20 bits per heavy atom. The van der Waals surface area contributed by atoms with E-state index in [-0.39, 0.29) is 22.5 Å². The summed E-state index contributed by atoms with van der Waals surface area (Å²) < 4.78 is 0. The molecule has 0 saturated heterocycles. The van der Waals surface area contributed by atoms with E-state index in [4.69, 9.17) is 5.26 Å². The summed E-state index contributed by atoms with van der Waals surface area (Å²) in [5.41, 5.74) is 1.97. The topological polar surface area (TPSA) is 56.9 Å². The van der Waals surface area contributed by atoms with E-state index >= 15 is 0 Å². The minimum atomic E-state index is 0.0364. The Kier molecular flexibility index (Phi) is 5.23. The maximum atomic E-state index is 10.8. The van der Waals surface area contributed by atoms with Crippen LogP contribution in [0.15, 0.2) is 36.9 Å². The summed E-state index contributed by atoms with van der Waals surface area (Å²) in [5, 5.41) is 20.7. The van der Waals surface area contributed by atoms with Crippen LogP contribution in [0.2, 0.25) is 0 Å². The van der Waals surface area contributed by atoms with Crippen molar-refractivity contribution in [1.29, 1.82) is 5.26 Å². The third-order valence-corrected chi connectivity index (χ3v) is 4.45. The summed E-state index contributed by atoms with van der Waals surface area (Å²) in [6.45, 7) is 15.3. The molecule has 1 aromatic carbocycles. The van der Waals surface area contributed by atoms with E-state index < -0.39 is 0 Å². The molecule has 0 aliphatic heterocycles. The highest BCUT2D eigenvalue weighted by atomic mass is 16.3. The Labute approximate surface area is 151 Å². The number of hydrogen-bond acceptors (Lipinski definition) is 3. The van der Waals surface area contributed by atoms with Crippen LogP contribution in [0.1, 0.15) is 64.6 Å². The maximum Gasteiger partial charge on any atom is 0.145 e. The second kappa shape index (κ2) is 6.88. The van der Waals surface area contributed by atoms with Crippen molar-refractivity contribution >= 4 is 10.9 Å². The summed E-state index contributed by atoms with van der Waals surface area (Å²) in [6.07, 6.45) is 3.87. The monoisotopic (exact) mass is 336 g/mol. The predicted octanol–water partition coefficient (Wildman–Crippen LogP) is 5.93. The first-order valence-corrected chi connectivity index (χ1v) is 8.71. The van der Waals surface area contributed by atoms with Gasteiger partial charge in [0.1, 0.15) is 23.0 Å². The van der Waals surface area contributed by atoms with Crippen molar-refractivity contribution in [2.75, 3.05) is 0 Å². The van der Waals surface area contributed by atoms with Gasteiger partial charge in [-0.15, -0.1) is 6.58 Å². The lowest BCUT2D eigenvalue weighted by molar-refractivity contribution is 0.193. The average molecular weight is 336 g/mol. The second-order valence-corrected chi connectivity index (χ2v) is 8.83. The summed E-state index contributed by atoms with van der Waals surface area (Å²) in [6, 6.07) is 9.41. The number of aromatic hydroxyl groups is 1. The molecule has 0 bridgehead atoms. The summed E-state index contributed by atoms with van der Waals surface area (Å²) >= 11 is 0. The van der Waals surface area contributed by atoms with Crippen LogP contribution in [0.25, 0.3) is 10.9 Å². The Hall–Kier alpha value is -2.34. The molecule has 2 aromatic rings. The van der Waals surface area contributed by atoms with Crippen molar-refractivity contribution in [3.63, 3.8) is 0 Å². The zero-order chi connectivity index (χ0) is 18.8. The molecule has 1 unspecified atom stereocenters. The van der Waals surface area contributed by atoms with Crippen LogP contribution in [-0.4, -0.2) is 10.1 Å². The molecule has 1 heterocycles. The molecule has 3 nitrogen and oxygen atoms in total. The largest absolute Gasteiger partial charge is 0.505 e. The van der Waals surface area contributed by atoms with Gasteiger partial charge in [0.05, 0.1) is 0 Å². The number of nitrogens with zero attached hydrogens (tertiary/aromatic N) is 2. The van der Waals surface area contributed by atoms with Crippen molar-refractivity contribution in [1.82, 2.24) is 4.98 Å². The molecule has 132 valence electrons. The van der Waals surface area contributed by atoms with Crippen molar-refractivity contribution < 1.29 is 5.11 Å². The zero-order valence-corrected chi connectivity index (χ0v) is 15.9. The SMILES string of the molecule is C=CC(CC(C)(C)CC(C)(C)C)c1ccc2ccc(C#N)nc2c1O. The fourth-order valence-corrected chi connectivity index (χ4v) is 3.97. The molecule has 1 N–H and O–H groups in total. The van der Waals surface area contributed by atoms with Crippen molar-refractivity contribution in [2.45, 2.75) is 53.4 Å². The van der Waals surface area contributed by atoms with Gasteiger partial charge in [0.25, 0.3) is 0 Å². The van der Waals surface area contributed by atoms with E-state index in [1.807, 2.05) is 30.3 Å². The first-order chi connectivity index (χ1) is 11.6. The number of allylic oxidation sites excluding steroid dienone is 1. The van der Waals surface area contributed by atoms with E-state index in [0.29, 0.717) is 11.2 Å². The van der Waals surface area contributed by atoms with E-state index in [1.54, 1.807) is 6.07 Å². The third kappa shape index (κ3) is 4.60. The van der Waals surface area contributed by atoms with Gasteiger partial charge in [-0.2, -0.15) is 5.26 Å². The third-order valence-electron chi connectivity index (χ3n) is 4.45. The number of nitriles is 1. The number of phenolic OH excluding ortho intramolecular Hbond substituents is 1. The molecule has 0 fully saturated rings. The molecule has 1 atom stereocenters.